The van der Waals surface area contributed by atoms with E-state index >= 15 is 0 Å². The number of hydrogen-bond donors (Lipinski definition) is 0. The molecule has 5 nitrogen and oxygen atoms in total. The summed E-state index contributed by atoms with van der Waals surface area (Å²) in [6.07, 6.45) is 4.05. The summed E-state index contributed by atoms with van der Waals surface area (Å²) < 4.78 is 24.1. The molecule has 1 aliphatic rings. The third-order valence-electron chi connectivity index (χ3n) is 3.42. The molecule has 1 aliphatic carbocycles. The van der Waals surface area contributed by atoms with Crippen LogP contribution in [0.1, 0.15) is 39.5 Å². The van der Waals surface area contributed by atoms with Crippen molar-refractivity contribution in [2.24, 2.45) is 5.92 Å². The van der Waals surface area contributed by atoms with E-state index in [4.69, 9.17) is 9.47 Å². The van der Waals surface area contributed by atoms with Crippen LogP contribution in [0, 0.1) is 17.2 Å². The minimum Gasteiger partial charge on any atom is -0.461 e. The van der Waals surface area contributed by atoms with Crippen LogP contribution in [0.4, 0.5) is 4.48 Å². The highest BCUT2D eigenvalue weighted by atomic mass is 19.2. The van der Waals surface area contributed by atoms with Gasteiger partial charge in [-0.1, -0.05) is 13.8 Å². The van der Waals surface area contributed by atoms with Crippen molar-refractivity contribution in [3.8, 4) is 6.07 Å². The monoisotopic (exact) mass is 324 g/mol. The molecule has 23 heavy (non-hydrogen) atoms. The van der Waals surface area contributed by atoms with Crippen molar-refractivity contribution < 1.29 is 18.7 Å². The molecule has 0 saturated heterocycles. The molecule has 0 amide bonds. The molecule has 0 N–H and O–H groups in total. The predicted octanol–water partition coefficient (Wildman–Crippen LogP) is 3.30. The van der Waals surface area contributed by atoms with Crippen molar-refractivity contribution in [1.29, 1.82) is 5.26 Å². The fourth-order valence-corrected chi connectivity index (χ4v) is 2.25. The van der Waals surface area contributed by atoms with E-state index in [1.165, 1.54) is 0 Å². The van der Waals surface area contributed by atoms with Crippen molar-refractivity contribution in [3.63, 3.8) is 0 Å². The molecule has 0 fully saturated rings. The number of rotatable bonds is 8. The maximum Gasteiger partial charge on any atom is 0.349 e. The van der Waals surface area contributed by atoms with Gasteiger partial charge < -0.3 is 9.47 Å². The van der Waals surface area contributed by atoms with E-state index in [1.807, 2.05) is 19.9 Å². The second-order valence-corrected chi connectivity index (χ2v) is 5.93. The molecule has 0 atom stereocenters. The van der Waals surface area contributed by atoms with E-state index in [0.29, 0.717) is 48.7 Å². The van der Waals surface area contributed by atoms with E-state index < -0.39 is 5.97 Å². The molecule has 0 aromatic rings. The predicted molar refractivity (Wildman–Crippen MR) is 84.7 cm³/mol. The number of hydrogen-bond acceptors (Lipinski definition) is 5. The Bertz CT molecular complexity index is 506. The number of carbonyl (C=O) groups excluding carboxylic acids is 1. The molecular weight excluding hydrogens is 299 g/mol. The fourth-order valence-electron chi connectivity index (χ4n) is 2.25. The lowest BCUT2D eigenvalue weighted by atomic mass is 9.95. The van der Waals surface area contributed by atoms with Crippen molar-refractivity contribution in [3.05, 3.63) is 22.9 Å². The van der Waals surface area contributed by atoms with Gasteiger partial charge in [0.1, 0.15) is 11.6 Å². The first kappa shape index (κ1) is 19.2. The van der Waals surface area contributed by atoms with Crippen LogP contribution < -0.4 is 0 Å². The van der Waals surface area contributed by atoms with Crippen molar-refractivity contribution in [1.82, 2.24) is 5.12 Å². The average molecular weight is 324 g/mol. The minimum atomic E-state index is -0.626. The van der Waals surface area contributed by atoms with Crippen LogP contribution in [0.3, 0.4) is 0 Å². The van der Waals surface area contributed by atoms with Crippen LogP contribution >= 0.6 is 0 Å². The standard InChI is InChI=1S/C17H25FN2O3/c1-13(2)12-23-17(21)16(11-19)14-6-4-7-15(10-14)20(18)8-5-9-22-3/h10,13H,4-9,12H2,1-3H3/b16-14-. The molecule has 0 heterocycles. The zero-order valence-corrected chi connectivity index (χ0v) is 14.1. The Hall–Kier alpha value is -1.87. The minimum absolute atomic E-state index is 0.0202. The van der Waals surface area contributed by atoms with Gasteiger partial charge in [0.2, 0.25) is 0 Å². The first-order chi connectivity index (χ1) is 11.0. The fraction of sp³-hybridized carbons (Fsp3) is 0.647. The molecule has 0 aromatic carbocycles. The smallest absolute Gasteiger partial charge is 0.349 e. The third kappa shape index (κ3) is 6.41. The number of methoxy groups -OCH3 is 1. The van der Waals surface area contributed by atoms with E-state index in [-0.39, 0.29) is 24.6 Å². The Morgan fingerprint density at radius 3 is 2.83 bits per heavy atom. The number of ether oxygens (including phenoxy) is 2. The maximum atomic E-state index is 14.1. The second kappa shape index (κ2) is 10.0. The summed E-state index contributed by atoms with van der Waals surface area (Å²) in [7, 11) is 1.57. The van der Waals surface area contributed by atoms with Crippen LogP contribution in [0.5, 0.6) is 0 Å². The van der Waals surface area contributed by atoms with Gasteiger partial charge in [-0.25, -0.2) is 9.92 Å². The van der Waals surface area contributed by atoms with Gasteiger partial charge in [-0.2, -0.15) is 5.26 Å². The van der Waals surface area contributed by atoms with Crippen LogP contribution in [0.15, 0.2) is 22.9 Å². The van der Waals surface area contributed by atoms with Gasteiger partial charge in [-0.15, -0.1) is 4.48 Å². The summed E-state index contributed by atoms with van der Waals surface area (Å²) in [6.45, 7) is 4.83. The van der Waals surface area contributed by atoms with Crippen LogP contribution in [0.2, 0.25) is 0 Å². The van der Waals surface area contributed by atoms with Crippen molar-refractivity contribution in [2.45, 2.75) is 39.5 Å². The number of esters is 1. The summed E-state index contributed by atoms with van der Waals surface area (Å²) in [5, 5.41) is 9.92. The van der Waals surface area contributed by atoms with E-state index in [2.05, 4.69) is 0 Å². The van der Waals surface area contributed by atoms with Gasteiger partial charge in [0.25, 0.3) is 0 Å². The number of nitriles is 1. The van der Waals surface area contributed by atoms with Gasteiger partial charge in [0, 0.05) is 19.4 Å². The molecule has 0 aliphatic heterocycles. The maximum absolute atomic E-state index is 14.1. The number of carbonyl (C=O) groups is 1. The lowest BCUT2D eigenvalue weighted by Gasteiger charge is -2.22. The van der Waals surface area contributed by atoms with Gasteiger partial charge in [-0.3, -0.25) is 0 Å². The molecule has 0 unspecified atom stereocenters. The normalized spacial score (nSPS) is 16.6. The summed E-state index contributed by atoms with van der Waals surface area (Å²) in [4.78, 5) is 12.0. The molecule has 0 saturated carbocycles. The Balaban J connectivity index is 2.84. The summed E-state index contributed by atoms with van der Waals surface area (Å²) in [5.41, 5.74) is 1.02. The molecular formula is C17H25FN2O3. The highest BCUT2D eigenvalue weighted by Gasteiger charge is 2.21. The molecule has 1 rings (SSSR count). The van der Waals surface area contributed by atoms with E-state index in [0.717, 1.165) is 0 Å². The SMILES string of the molecule is COCCCN(F)C1=C/C(=C(/C#N)C(=O)OCC(C)C)CCC1. The number of allylic oxidation sites excluding steroid dienone is 3. The molecule has 0 spiro atoms. The Morgan fingerprint density at radius 1 is 1.48 bits per heavy atom. The van der Waals surface area contributed by atoms with Gasteiger partial charge in [-0.05, 0) is 43.3 Å². The molecule has 128 valence electrons. The van der Waals surface area contributed by atoms with Gasteiger partial charge in [0.05, 0.1) is 13.2 Å². The molecule has 0 aromatic heterocycles. The Morgan fingerprint density at radius 2 is 2.22 bits per heavy atom. The number of halogens is 1. The van der Waals surface area contributed by atoms with Crippen molar-refractivity contribution in [2.75, 3.05) is 26.9 Å². The van der Waals surface area contributed by atoms with Crippen LogP contribution in [-0.4, -0.2) is 38.0 Å². The Labute approximate surface area is 137 Å². The highest BCUT2D eigenvalue weighted by molar-refractivity contribution is 5.94. The first-order valence-corrected chi connectivity index (χ1v) is 7.92. The van der Waals surface area contributed by atoms with E-state index in [9.17, 15) is 14.5 Å². The third-order valence-corrected chi connectivity index (χ3v) is 3.42. The van der Waals surface area contributed by atoms with Gasteiger partial charge in [0.15, 0.2) is 0 Å². The highest BCUT2D eigenvalue weighted by Crippen LogP contribution is 2.27. The average Bonchev–Trinajstić information content (AvgIpc) is 2.54. The van der Waals surface area contributed by atoms with Crippen molar-refractivity contribution >= 4 is 5.97 Å². The zero-order valence-electron chi connectivity index (χ0n) is 14.1. The topological polar surface area (TPSA) is 62.6 Å². The lowest BCUT2D eigenvalue weighted by Crippen LogP contribution is -2.19. The van der Waals surface area contributed by atoms with Gasteiger partial charge >= 0.3 is 5.97 Å². The van der Waals surface area contributed by atoms with E-state index in [1.54, 1.807) is 13.2 Å². The summed E-state index contributed by atoms with van der Waals surface area (Å²) in [6, 6.07) is 1.91. The largest absolute Gasteiger partial charge is 0.461 e. The quantitative estimate of drug-likeness (QED) is 0.225. The molecule has 6 heteroatoms. The van der Waals surface area contributed by atoms with Crippen LogP contribution in [0.25, 0.3) is 0 Å². The summed E-state index contributed by atoms with van der Waals surface area (Å²) in [5.74, 6) is -0.429. The molecule has 0 radical (unpaired) electrons. The summed E-state index contributed by atoms with van der Waals surface area (Å²) >= 11 is 0. The Kier molecular flexibility index (Phi) is 8.35. The lowest BCUT2D eigenvalue weighted by molar-refractivity contribution is -0.139. The zero-order chi connectivity index (χ0) is 17.2. The molecule has 0 bridgehead atoms. The first-order valence-electron chi connectivity index (χ1n) is 7.92. The number of nitrogens with zero attached hydrogens (tertiary/aromatic N) is 2. The second-order valence-electron chi connectivity index (χ2n) is 5.93. The van der Waals surface area contributed by atoms with Crippen LogP contribution in [-0.2, 0) is 14.3 Å².